The van der Waals surface area contributed by atoms with Gasteiger partial charge in [0.25, 0.3) is 0 Å². The molecule has 2 unspecified atom stereocenters. The Hall–Kier alpha value is -0.460. The van der Waals surface area contributed by atoms with Crippen LogP contribution < -0.4 is 5.32 Å². The van der Waals surface area contributed by atoms with Gasteiger partial charge in [-0.25, -0.2) is 0 Å². The zero-order valence-corrected chi connectivity index (χ0v) is 15.2. The molecule has 2 fully saturated rings. The lowest BCUT2D eigenvalue weighted by Crippen LogP contribution is -2.48. The van der Waals surface area contributed by atoms with Crippen molar-refractivity contribution in [3.63, 3.8) is 0 Å². The molecular formula is C15H28ClN3O2S. The number of likely N-dealkylation sites (tertiary alicyclic amines) is 1. The van der Waals surface area contributed by atoms with E-state index >= 15 is 0 Å². The number of unbranched alkanes of at least 4 members (excludes halogenated alkanes) is 1. The maximum Gasteiger partial charge on any atom is 0.246 e. The van der Waals surface area contributed by atoms with E-state index in [0.717, 1.165) is 44.6 Å². The van der Waals surface area contributed by atoms with Gasteiger partial charge in [-0.2, -0.15) is 0 Å². The van der Waals surface area contributed by atoms with Gasteiger partial charge in [0, 0.05) is 25.3 Å². The van der Waals surface area contributed by atoms with E-state index in [-0.39, 0.29) is 30.3 Å². The first kappa shape index (κ1) is 19.6. The molecule has 22 heavy (non-hydrogen) atoms. The van der Waals surface area contributed by atoms with Crippen molar-refractivity contribution in [2.75, 3.05) is 38.3 Å². The average molecular weight is 350 g/mol. The summed E-state index contributed by atoms with van der Waals surface area (Å²) in [4.78, 5) is 28.7. The van der Waals surface area contributed by atoms with Crippen LogP contribution in [0.2, 0.25) is 0 Å². The minimum absolute atomic E-state index is 0. The lowest BCUT2D eigenvalue weighted by Gasteiger charge is -2.27. The van der Waals surface area contributed by atoms with E-state index in [4.69, 9.17) is 0 Å². The van der Waals surface area contributed by atoms with Gasteiger partial charge in [0.15, 0.2) is 0 Å². The van der Waals surface area contributed by atoms with Gasteiger partial charge >= 0.3 is 0 Å². The first-order valence-electron chi connectivity index (χ1n) is 7.98. The molecule has 0 aromatic rings. The maximum atomic E-state index is 12.7. The van der Waals surface area contributed by atoms with Crippen molar-refractivity contribution in [1.82, 2.24) is 15.1 Å². The van der Waals surface area contributed by atoms with Crippen molar-refractivity contribution in [2.24, 2.45) is 5.92 Å². The highest BCUT2D eigenvalue weighted by molar-refractivity contribution is 7.99. The maximum absolute atomic E-state index is 12.7. The number of rotatable bonds is 6. The Labute approximate surface area is 144 Å². The van der Waals surface area contributed by atoms with E-state index in [9.17, 15) is 9.59 Å². The van der Waals surface area contributed by atoms with E-state index in [1.165, 1.54) is 0 Å². The molecule has 7 heteroatoms. The number of amides is 2. The molecule has 0 aliphatic carbocycles. The largest absolute Gasteiger partial charge is 0.341 e. The van der Waals surface area contributed by atoms with Gasteiger partial charge in [0.2, 0.25) is 11.8 Å². The summed E-state index contributed by atoms with van der Waals surface area (Å²) in [6.45, 7) is 4.71. The smallest absolute Gasteiger partial charge is 0.246 e. The number of nitrogens with one attached hydrogen (secondary N) is 1. The molecule has 5 nitrogen and oxygen atoms in total. The van der Waals surface area contributed by atoms with Crippen molar-refractivity contribution in [3.05, 3.63) is 0 Å². The van der Waals surface area contributed by atoms with Crippen LogP contribution in [-0.4, -0.2) is 66.0 Å². The van der Waals surface area contributed by atoms with Crippen molar-refractivity contribution < 1.29 is 9.59 Å². The van der Waals surface area contributed by atoms with Crippen LogP contribution in [0.15, 0.2) is 0 Å². The number of nitrogens with zero attached hydrogens (tertiary/aromatic N) is 2. The number of hydrogen-bond acceptors (Lipinski definition) is 4. The van der Waals surface area contributed by atoms with Gasteiger partial charge in [-0.05, 0) is 32.4 Å². The van der Waals surface area contributed by atoms with E-state index < -0.39 is 0 Å². The third-order valence-corrected chi connectivity index (χ3v) is 5.33. The molecular weight excluding hydrogens is 322 g/mol. The van der Waals surface area contributed by atoms with E-state index in [0.29, 0.717) is 18.2 Å². The normalized spacial score (nSPS) is 24.5. The van der Waals surface area contributed by atoms with Crippen molar-refractivity contribution in [1.29, 1.82) is 0 Å². The quantitative estimate of drug-likeness (QED) is 0.790. The number of carbonyl (C=O) groups excluding carboxylic acids is 2. The van der Waals surface area contributed by atoms with Gasteiger partial charge < -0.3 is 15.1 Å². The Bertz CT molecular complexity index is 384. The molecule has 2 rings (SSSR count). The predicted octanol–water partition coefficient (Wildman–Crippen LogP) is 1.57. The fourth-order valence-corrected chi connectivity index (χ4v) is 4.24. The predicted molar refractivity (Wildman–Crippen MR) is 93.3 cm³/mol. The number of hydrogen-bond donors (Lipinski definition) is 1. The third kappa shape index (κ3) is 4.77. The monoisotopic (exact) mass is 349 g/mol. The molecule has 0 bridgehead atoms. The summed E-state index contributed by atoms with van der Waals surface area (Å²) in [6.07, 6.45) is 3.57. The second-order valence-corrected chi connectivity index (χ2v) is 6.98. The summed E-state index contributed by atoms with van der Waals surface area (Å²) in [5, 5.41) is 3.18. The number of halogens is 1. The lowest BCUT2D eigenvalue weighted by atomic mass is 10.1. The Kier molecular flexibility index (Phi) is 8.57. The summed E-state index contributed by atoms with van der Waals surface area (Å²) >= 11 is 1.70. The van der Waals surface area contributed by atoms with Crippen molar-refractivity contribution in [3.8, 4) is 0 Å². The molecule has 2 aliphatic rings. The van der Waals surface area contributed by atoms with Crippen LogP contribution in [0.4, 0.5) is 0 Å². The topological polar surface area (TPSA) is 52.7 Å². The highest BCUT2D eigenvalue weighted by Gasteiger charge is 2.38. The third-order valence-electron chi connectivity index (χ3n) is 4.32. The summed E-state index contributed by atoms with van der Waals surface area (Å²) in [7, 11) is 1.95. The Balaban J connectivity index is 0.00000242. The molecule has 2 amide bonds. The Morgan fingerprint density at radius 3 is 2.82 bits per heavy atom. The molecule has 0 radical (unpaired) electrons. The second kappa shape index (κ2) is 9.63. The van der Waals surface area contributed by atoms with Crippen LogP contribution >= 0.6 is 24.2 Å². The fraction of sp³-hybridized carbons (Fsp3) is 0.867. The standard InChI is InChI=1S/C15H27N3O2S.ClH/c1-3-4-5-14(19)18-11-21-10-13(18)15(20)17-7-6-12(9-17)8-16-2;/h12-13,16H,3-11H2,1-2H3;1H. The van der Waals surface area contributed by atoms with Crippen LogP contribution in [0.25, 0.3) is 0 Å². The molecule has 2 heterocycles. The van der Waals surface area contributed by atoms with Gasteiger partial charge in [0.1, 0.15) is 6.04 Å². The second-order valence-electron chi connectivity index (χ2n) is 5.98. The molecule has 2 saturated heterocycles. The van der Waals surface area contributed by atoms with Crippen LogP contribution in [-0.2, 0) is 9.59 Å². The molecule has 0 aromatic carbocycles. The molecule has 1 N–H and O–H groups in total. The Morgan fingerprint density at radius 2 is 2.14 bits per heavy atom. The molecule has 2 aliphatic heterocycles. The first-order valence-corrected chi connectivity index (χ1v) is 9.13. The van der Waals surface area contributed by atoms with E-state index in [1.807, 2.05) is 11.9 Å². The molecule has 0 aromatic heterocycles. The number of thioether (sulfide) groups is 1. The SMILES string of the molecule is CCCCC(=O)N1CSCC1C(=O)N1CCC(CNC)C1.Cl. The molecule has 2 atom stereocenters. The van der Waals surface area contributed by atoms with Gasteiger partial charge in [-0.3, -0.25) is 9.59 Å². The van der Waals surface area contributed by atoms with Crippen molar-refractivity contribution in [2.45, 2.75) is 38.6 Å². The average Bonchev–Trinajstić information content (AvgIpc) is 3.13. The summed E-state index contributed by atoms with van der Waals surface area (Å²) in [6, 6.07) is -0.229. The van der Waals surface area contributed by atoms with E-state index in [1.54, 1.807) is 16.7 Å². The van der Waals surface area contributed by atoms with Gasteiger partial charge in [0.05, 0.1) is 5.88 Å². The highest BCUT2D eigenvalue weighted by Crippen LogP contribution is 2.26. The van der Waals surface area contributed by atoms with E-state index in [2.05, 4.69) is 12.2 Å². The van der Waals surface area contributed by atoms with Crippen LogP contribution in [0.3, 0.4) is 0 Å². The molecule has 0 spiro atoms. The van der Waals surface area contributed by atoms with Gasteiger partial charge in [-0.15, -0.1) is 24.2 Å². The molecule has 128 valence electrons. The minimum atomic E-state index is -0.229. The first-order chi connectivity index (χ1) is 10.2. The fourth-order valence-electron chi connectivity index (χ4n) is 3.06. The summed E-state index contributed by atoms with van der Waals surface area (Å²) < 4.78 is 0. The highest BCUT2D eigenvalue weighted by atomic mass is 35.5. The zero-order chi connectivity index (χ0) is 15.2. The number of carbonyl (C=O) groups is 2. The lowest BCUT2D eigenvalue weighted by molar-refractivity contribution is -0.142. The van der Waals surface area contributed by atoms with Crippen LogP contribution in [0, 0.1) is 5.92 Å². The van der Waals surface area contributed by atoms with Crippen LogP contribution in [0.5, 0.6) is 0 Å². The zero-order valence-electron chi connectivity index (χ0n) is 13.5. The van der Waals surface area contributed by atoms with Crippen molar-refractivity contribution >= 4 is 36.0 Å². The Morgan fingerprint density at radius 1 is 1.36 bits per heavy atom. The summed E-state index contributed by atoms with van der Waals surface area (Å²) in [5.41, 5.74) is 0. The van der Waals surface area contributed by atoms with Gasteiger partial charge in [-0.1, -0.05) is 13.3 Å². The van der Waals surface area contributed by atoms with Crippen LogP contribution in [0.1, 0.15) is 32.6 Å². The minimum Gasteiger partial charge on any atom is -0.341 e. The molecule has 0 saturated carbocycles. The summed E-state index contributed by atoms with van der Waals surface area (Å²) in [5.74, 6) is 2.28.